The number of benzene rings is 2. The summed E-state index contributed by atoms with van der Waals surface area (Å²) in [5, 5.41) is 24.8. The van der Waals surface area contributed by atoms with Gasteiger partial charge in [-0.05, 0) is 71.2 Å². The molecule has 12 heteroatoms. The number of H-pyrrole nitrogens is 1. The van der Waals surface area contributed by atoms with Crippen molar-refractivity contribution in [3.05, 3.63) is 68.9 Å². The molecule has 1 aliphatic carbocycles. The van der Waals surface area contributed by atoms with Crippen molar-refractivity contribution in [2.45, 2.75) is 50.0 Å². The summed E-state index contributed by atoms with van der Waals surface area (Å²) in [5.41, 5.74) is 2.62. The van der Waals surface area contributed by atoms with Crippen LogP contribution in [-0.2, 0) is 20.7 Å². The zero-order chi connectivity index (χ0) is 31.2. The molecular formula is C32H36IN3O8. The average Bonchev–Trinajstić information content (AvgIpc) is 3.72. The third kappa shape index (κ3) is 7.09. The number of aliphatic hydroxyl groups is 2. The van der Waals surface area contributed by atoms with Crippen LogP contribution in [0.3, 0.4) is 0 Å². The number of rotatable bonds is 12. The van der Waals surface area contributed by atoms with Crippen molar-refractivity contribution in [3.63, 3.8) is 0 Å². The van der Waals surface area contributed by atoms with Gasteiger partial charge in [0.15, 0.2) is 11.5 Å². The number of aromatic amines is 1. The van der Waals surface area contributed by atoms with Crippen molar-refractivity contribution in [1.82, 2.24) is 15.2 Å². The van der Waals surface area contributed by atoms with Crippen molar-refractivity contribution in [3.8, 4) is 11.5 Å². The van der Waals surface area contributed by atoms with Crippen LogP contribution in [-0.4, -0.2) is 96.0 Å². The van der Waals surface area contributed by atoms with Crippen molar-refractivity contribution in [2.75, 3.05) is 33.4 Å². The molecule has 4 atom stereocenters. The van der Waals surface area contributed by atoms with Gasteiger partial charge >= 0.3 is 0 Å². The highest BCUT2D eigenvalue weighted by molar-refractivity contribution is 14.1. The van der Waals surface area contributed by atoms with Crippen LogP contribution in [0.4, 0.5) is 0 Å². The van der Waals surface area contributed by atoms with Gasteiger partial charge in [-0.25, -0.2) is 0 Å². The molecule has 11 nitrogen and oxygen atoms in total. The zero-order valence-electron chi connectivity index (χ0n) is 24.3. The van der Waals surface area contributed by atoms with Gasteiger partial charge < -0.3 is 39.6 Å². The number of halogens is 1. The fourth-order valence-electron chi connectivity index (χ4n) is 5.74. The Balaban J connectivity index is 1.48. The van der Waals surface area contributed by atoms with Crippen LogP contribution in [0.15, 0.2) is 54.1 Å². The van der Waals surface area contributed by atoms with Gasteiger partial charge in [-0.2, -0.15) is 0 Å². The molecule has 1 saturated heterocycles. The Kier molecular flexibility index (Phi) is 10.6. The number of aldehydes is 1. The SMILES string of the molecule is COc1cc(C=O)cc(I)c1O[C@H]1C=C(C(=O)NCCO)C[C@@H](N(CCc2cc3ccccc3[nH]2)C(=O)C2CCCO2)[C@@H]1O. The summed E-state index contributed by atoms with van der Waals surface area (Å²) in [5.74, 6) is -0.0903. The highest BCUT2D eigenvalue weighted by atomic mass is 127. The number of carbonyl (C=O) groups excluding carboxylic acids is 3. The molecule has 2 amide bonds. The van der Waals surface area contributed by atoms with Crippen LogP contribution in [0.25, 0.3) is 10.9 Å². The summed E-state index contributed by atoms with van der Waals surface area (Å²) < 4.78 is 18.1. The van der Waals surface area contributed by atoms with E-state index >= 15 is 0 Å². The number of aliphatic hydroxyl groups excluding tert-OH is 2. The van der Waals surface area contributed by atoms with Crippen LogP contribution in [0.2, 0.25) is 0 Å². The second-order valence-electron chi connectivity index (χ2n) is 10.8. The maximum atomic E-state index is 14.0. The molecule has 0 radical (unpaired) electrons. The van der Waals surface area contributed by atoms with Crippen molar-refractivity contribution >= 4 is 51.6 Å². The predicted octanol–water partition coefficient (Wildman–Crippen LogP) is 2.76. The van der Waals surface area contributed by atoms with Gasteiger partial charge in [0.25, 0.3) is 5.91 Å². The fraction of sp³-hybridized carbons (Fsp3) is 0.406. The van der Waals surface area contributed by atoms with E-state index in [0.717, 1.165) is 23.0 Å². The predicted molar refractivity (Wildman–Crippen MR) is 171 cm³/mol. The number of para-hydroxylation sites is 1. The highest BCUT2D eigenvalue weighted by Crippen LogP contribution is 2.37. The molecule has 1 aliphatic heterocycles. The molecule has 5 rings (SSSR count). The summed E-state index contributed by atoms with van der Waals surface area (Å²) >= 11 is 2.02. The van der Waals surface area contributed by atoms with E-state index in [2.05, 4.69) is 10.3 Å². The molecule has 4 N–H and O–H groups in total. The summed E-state index contributed by atoms with van der Waals surface area (Å²) in [7, 11) is 1.45. The Hall–Kier alpha value is -3.46. The number of fused-ring (bicyclic) bond motifs is 1. The first-order chi connectivity index (χ1) is 21.3. The number of nitrogens with one attached hydrogen (secondary N) is 2. The number of hydrogen-bond donors (Lipinski definition) is 4. The molecule has 1 aromatic heterocycles. The molecule has 0 spiro atoms. The van der Waals surface area contributed by atoms with Gasteiger partial charge in [0, 0.05) is 54.9 Å². The smallest absolute Gasteiger partial charge is 0.252 e. The first-order valence-corrected chi connectivity index (χ1v) is 15.7. The molecule has 1 unspecified atom stereocenters. The molecule has 2 heterocycles. The van der Waals surface area contributed by atoms with E-state index in [1.54, 1.807) is 17.0 Å². The molecule has 44 heavy (non-hydrogen) atoms. The van der Waals surface area contributed by atoms with Crippen molar-refractivity contribution in [1.29, 1.82) is 0 Å². The third-order valence-electron chi connectivity index (χ3n) is 7.95. The Labute approximate surface area is 268 Å². The summed E-state index contributed by atoms with van der Waals surface area (Å²) in [6, 6.07) is 12.3. The van der Waals surface area contributed by atoms with E-state index in [4.69, 9.17) is 14.2 Å². The average molecular weight is 718 g/mol. The van der Waals surface area contributed by atoms with Crippen molar-refractivity contribution < 1.29 is 38.8 Å². The van der Waals surface area contributed by atoms with Gasteiger partial charge in [0.1, 0.15) is 24.6 Å². The minimum Gasteiger partial charge on any atom is -0.493 e. The van der Waals surface area contributed by atoms with Gasteiger partial charge in [-0.15, -0.1) is 0 Å². The molecule has 2 aromatic carbocycles. The van der Waals surface area contributed by atoms with Crippen LogP contribution in [0.5, 0.6) is 11.5 Å². The zero-order valence-corrected chi connectivity index (χ0v) is 26.5. The topological polar surface area (TPSA) is 150 Å². The standard InChI is InChI=1S/C32H36IN3O8/c1-42-28-14-19(18-38)13-23(33)30(28)44-27-17-21(31(40)34-9-11-37)16-25(29(27)39)36(32(41)26-7-4-12-43-26)10-8-22-15-20-5-2-3-6-24(20)35-22/h2-3,5-6,13-15,17-18,25-27,29,35,37,39H,4,7-12,16H2,1H3,(H,34,40)/t25-,26?,27+,29+/m1/s1. The van der Waals surface area contributed by atoms with E-state index in [1.165, 1.54) is 13.2 Å². The molecule has 1 fully saturated rings. The summed E-state index contributed by atoms with van der Waals surface area (Å²) in [4.78, 5) is 43.6. The number of hydrogen-bond acceptors (Lipinski definition) is 8. The number of carbonyl (C=O) groups is 3. The van der Waals surface area contributed by atoms with E-state index < -0.39 is 30.3 Å². The lowest BCUT2D eigenvalue weighted by Gasteiger charge is -2.41. The highest BCUT2D eigenvalue weighted by Gasteiger charge is 2.43. The molecule has 3 aromatic rings. The Morgan fingerprint density at radius 1 is 1.25 bits per heavy atom. The number of nitrogens with zero attached hydrogens (tertiary/aromatic N) is 1. The lowest BCUT2D eigenvalue weighted by molar-refractivity contribution is -0.148. The van der Waals surface area contributed by atoms with Crippen LogP contribution >= 0.6 is 22.6 Å². The van der Waals surface area contributed by atoms with E-state index in [0.29, 0.717) is 51.9 Å². The number of aromatic nitrogens is 1. The normalized spacial score (nSPS) is 21.5. The quantitative estimate of drug-likeness (QED) is 0.165. The van der Waals surface area contributed by atoms with Gasteiger partial charge in [0.2, 0.25) is 5.91 Å². The molecule has 2 aliphatic rings. The van der Waals surface area contributed by atoms with Crippen molar-refractivity contribution in [2.24, 2.45) is 0 Å². The van der Waals surface area contributed by atoms with E-state index in [-0.39, 0.29) is 32.0 Å². The largest absolute Gasteiger partial charge is 0.493 e. The Morgan fingerprint density at radius 3 is 2.77 bits per heavy atom. The molecule has 0 saturated carbocycles. The second-order valence-corrected chi connectivity index (χ2v) is 12.0. The van der Waals surface area contributed by atoms with Gasteiger partial charge in [0.05, 0.1) is 23.3 Å². The van der Waals surface area contributed by atoms with Gasteiger partial charge in [-0.3, -0.25) is 14.4 Å². The number of methoxy groups -OCH3 is 1. The lowest BCUT2D eigenvalue weighted by atomic mass is 9.87. The number of ether oxygens (including phenoxy) is 3. The summed E-state index contributed by atoms with van der Waals surface area (Å²) in [6.07, 6.45) is 1.23. The van der Waals surface area contributed by atoms with Crippen LogP contribution in [0, 0.1) is 3.57 Å². The maximum Gasteiger partial charge on any atom is 0.252 e. The minimum atomic E-state index is -1.22. The minimum absolute atomic E-state index is 0.0484. The Morgan fingerprint density at radius 2 is 2.07 bits per heavy atom. The lowest BCUT2D eigenvalue weighted by Crippen LogP contribution is -2.57. The first-order valence-electron chi connectivity index (χ1n) is 14.6. The van der Waals surface area contributed by atoms with E-state index in [1.807, 2.05) is 52.9 Å². The molecular weight excluding hydrogens is 681 g/mol. The van der Waals surface area contributed by atoms with E-state index in [9.17, 15) is 24.6 Å². The third-order valence-corrected chi connectivity index (χ3v) is 8.75. The fourth-order valence-corrected chi connectivity index (χ4v) is 6.50. The Bertz CT molecular complexity index is 1500. The molecule has 0 bridgehead atoms. The number of amides is 2. The second kappa shape index (κ2) is 14.5. The van der Waals surface area contributed by atoms with Crippen LogP contribution in [0.1, 0.15) is 35.3 Å². The first kappa shape index (κ1) is 31.9. The van der Waals surface area contributed by atoms with Gasteiger partial charge in [-0.1, -0.05) is 18.2 Å². The molecule has 234 valence electrons. The monoisotopic (exact) mass is 717 g/mol. The summed E-state index contributed by atoms with van der Waals surface area (Å²) in [6.45, 7) is 0.555. The maximum absolute atomic E-state index is 14.0. The van der Waals surface area contributed by atoms with Crippen LogP contribution < -0.4 is 14.8 Å².